The Morgan fingerprint density at radius 2 is 1.95 bits per heavy atom. The van der Waals surface area contributed by atoms with Crippen LogP contribution in [0.4, 0.5) is 4.39 Å². The van der Waals surface area contributed by atoms with Crippen molar-refractivity contribution in [2.24, 2.45) is 0 Å². The van der Waals surface area contributed by atoms with E-state index in [2.05, 4.69) is 0 Å². The summed E-state index contributed by atoms with van der Waals surface area (Å²) in [6.07, 6.45) is 0. The molecule has 4 nitrogen and oxygen atoms in total. The van der Waals surface area contributed by atoms with Crippen molar-refractivity contribution in [1.29, 1.82) is 0 Å². The number of Topliss-reactive ketones (excluding diaryl/α,β-unsaturated/α-hetero) is 1. The third kappa shape index (κ3) is 4.96. The summed E-state index contributed by atoms with van der Waals surface area (Å²) in [5.41, 5.74) is 0.370. The summed E-state index contributed by atoms with van der Waals surface area (Å²) < 4.78 is 18.3. The van der Waals surface area contributed by atoms with Crippen LogP contribution in [-0.2, 0) is 0 Å². The van der Waals surface area contributed by atoms with Gasteiger partial charge in [0.25, 0.3) is 0 Å². The van der Waals surface area contributed by atoms with E-state index in [9.17, 15) is 9.18 Å². The van der Waals surface area contributed by atoms with Gasteiger partial charge in [0.05, 0.1) is 13.7 Å². The fourth-order valence-electron chi connectivity index (χ4n) is 1.63. The van der Waals surface area contributed by atoms with Gasteiger partial charge in [-0.15, -0.1) is 0 Å². The number of carbonyl (C=O) groups excluding carboxylic acids is 1. The van der Waals surface area contributed by atoms with Gasteiger partial charge in [0.1, 0.15) is 0 Å². The molecule has 0 bridgehead atoms. The molecule has 0 amide bonds. The van der Waals surface area contributed by atoms with Crippen LogP contribution in [0, 0.1) is 5.82 Å². The van der Waals surface area contributed by atoms with Gasteiger partial charge in [-0.25, -0.2) is 4.39 Å². The number of rotatable bonds is 7. The molecule has 0 aromatic heterocycles. The first-order valence-electron chi connectivity index (χ1n) is 6.14. The minimum absolute atomic E-state index is 0.0946. The van der Waals surface area contributed by atoms with Crippen LogP contribution in [0.3, 0.4) is 0 Å². The van der Waals surface area contributed by atoms with Gasteiger partial charge in [0.2, 0.25) is 0 Å². The molecule has 106 valence electrons. The highest BCUT2D eigenvalue weighted by atomic mass is 19.1. The maximum Gasteiger partial charge on any atom is 0.176 e. The molecule has 1 rings (SSSR count). The number of carbonyl (C=O) groups is 1. The van der Waals surface area contributed by atoms with Gasteiger partial charge >= 0.3 is 0 Å². The van der Waals surface area contributed by atoms with Crippen LogP contribution in [0.1, 0.15) is 10.4 Å². The second kappa shape index (κ2) is 7.21. The summed E-state index contributed by atoms with van der Waals surface area (Å²) >= 11 is 0. The van der Waals surface area contributed by atoms with E-state index in [4.69, 9.17) is 4.74 Å². The Hall–Kier alpha value is -1.46. The van der Waals surface area contributed by atoms with Gasteiger partial charge in [-0.3, -0.25) is 9.69 Å². The zero-order valence-electron chi connectivity index (χ0n) is 11.9. The number of hydrogen-bond donors (Lipinski definition) is 0. The SMILES string of the molecule is COc1ccc(C(=O)CN(C)CCN(C)C)cc1F. The van der Waals surface area contributed by atoms with Crippen LogP contribution in [-0.4, -0.2) is 63.5 Å². The van der Waals surface area contributed by atoms with Crippen molar-refractivity contribution in [1.82, 2.24) is 9.80 Å². The standard InChI is InChI=1S/C14H21FN2O2/c1-16(2)7-8-17(3)10-13(18)11-5-6-14(19-4)12(15)9-11/h5-6,9H,7-8,10H2,1-4H3. The van der Waals surface area contributed by atoms with Crippen molar-refractivity contribution < 1.29 is 13.9 Å². The van der Waals surface area contributed by atoms with E-state index in [-0.39, 0.29) is 18.1 Å². The molecule has 0 heterocycles. The van der Waals surface area contributed by atoms with Crippen LogP contribution < -0.4 is 4.74 Å². The molecule has 0 saturated heterocycles. The van der Waals surface area contributed by atoms with Gasteiger partial charge < -0.3 is 9.64 Å². The molecule has 0 unspecified atom stereocenters. The smallest absolute Gasteiger partial charge is 0.176 e. The first kappa shape index (κ1) is 15.6. The minimum Gasteiger partial charge on any atom is -0.494 e. The molecular weight excluding hydrogens is 247 g/mol. The monoisotopic (exact) mass is 268 g/mol. The molecule has 0 N–H and O–H groups in total. The molecule has 5 heteroatoms. The quantitative estimate of drug-likeness (QED) is 0.702. The number of methoxy groups -OCH3 is 1. The lowest BCUT2D eigenvalue weighted by Crippen LogP contribution is -2.32. The summed E-state index contributed by atoms with van der Waals surface area (Å²) in [6.45, 7) is 1.94. The van der Waals surface area contributed by atoms with E-state index >= 15 is 0 Å². The summed E-state index contributed by atoms with van der Waals surface area (Å²) in [5, 5.41) is 0. The average molecular weight is 268 g/mol. The third-order valence-electron chi connectivity index (χ3n) is 2.82. The number of ether oxygens (including phenoxy) is 1. The Bertz CT molecular complexity index is 435. The summed E-state index contributed by atoms with van der Waals surface area (Å²) in [5.74, 6) is -0.454. The van der Waals surface area contributed by atoms with Gasteiger partial charge in [-0.2, -0.15) is 0 Å². The van der Waals surface area contributed by atoms with Crippen molar-refractivity contribution in [2.75, 3.05) is 47.9 Å². The molecule has 0 atom stereocenters. The van der Waals surface area contributed by atoms with Crippen LogP contribution in [0.25, 0.3) is 0 Å². The van der Waals surface area contributed by atoms with Gasteiger partial charge in [-0.05, 0) is 39.3 Å². The molecular formula is C14H21FN2O2. The van der Waals surface area contributed by atoms with Crippen LogP contribution in [0.5, 0.6) is 5.75 Å². The van der Waals surface area contributed by atoms with Crippen molar-refractivity contribution in [3.63, 3.8) is 0 Å². The predicted octanol–water partition coefficient (Wildman–Crippen LogP) is 1.51. The van der Waals surface area contributed by atoms with E-state index in [1.807, 2.05) is 30.9 Å². The lowest BCUT2D eigenvalue weighted by atomic mass is 10.1. The van der Waals surface area contributed by atoms with Crippen molar-refractivity contribution in [3.05, 3.63) is 29.6 Å². The molecule has 0 aliphatic heterocycles. The highest BCUT2D eigenvalue weighted by Crippen LogP contribution is 2.18. The molecule has 0 saturated carbocycles. The molecule has 1 aromatic rings. The first-order chi connectivity index (χ1) is 8.93. The van der Waals surface area contributed by atoms with Crippen LogP contribution in [0.15, 0.2) is 18.2 Å². The average Bonchev–Trinajstić information content (AvgIpc) is 2.36. The number of nitrogens with zero attached hydrogens (tertiary/aromatic N) is 2. The zero-order chi connectivity index (χ0) is 14.4. The third-order valence-corrected chi connectivity index (χ3v) is 2.82. The highest BCUT2D eigenvalue weighted by Gasteiger charge is 2.12. The lowest BCUT2D eigenvalue weighted by molar-refractivity contribution is 0.0942. The lowest BCUT2D eigenvalue weighted by Gasteiger charge is -2.18. The van der Waals surface area contributed by atoms with E-state index in [1.165, 1.54) is 19.2 Å². The van der Waals surface area contributed by atoms with Crippen LogP contribution >= 0.6 is 0 Å². The van der Waals surface area contributed by atoms with E-state index in [0.29, 0.717) is 5.56 Å². The second-order valence-electron chi connectivity index (χ2n) is 4.81. The van der Waals surface area contributed by atoms with Crippen molar-refractivity contribution in [3.8, 4) is 5.75 Å². The van der Waals surface area contributed by atoms with Gasteiger partial charge in [-0.1, -0.05) is 0 Å². The summed E-state index contributed by atoms with van der Waals surface area (Å²) in [7, 11) is 7.24. The largest absolute Gasteiger partial charge is 0.494 e. The Kier molecular flexibility index (Phi) is 5.92. The maximum atomic E-state index is 13.5. The van der Waals surface area contributed by atoms with E-state index < -0.39 is 5.82 Å². The number of hydrogen-bond acceptors (Lipinski definition) is 4. The van der Waals surface area contributed by atoms with E-state index in [0.717, 1.165) is 13.1 Å². The second-order valence-corrected chi connectivity index (χ2v) is 4.81. The Balaban J connectivity index is 2.60. The number of ketones is 1. The van der Waals surface area contributed by atoms with E-state index in [1.54, 1.807) is 6.07 Å². The van der Waals surface area contributed by atoms with Gasteiger partial charge in [0, 0.05) is 18.7 Å². The number of halogens is 1. The normalized spacial score (nSPS) is 11.1. The summed E-state index contributed by atoms with van der Waals surface area (Å²) in [4.78, 5) is 16.0. The number of benzene rings is 1. The molecule has 0 aliphatic rings. The van der Waals surface area contributed by atoms with Crippen LogP contribution in [0.2, 0.25) is 0 Å². The molecule has 0 fully saturated rings. The molecule has 0 aliphatic carbocycles. The fourth-order valence-corrected chi connectivity index (χ4v) is 1.63. The van der Waals surface area contributed by atoms with Gasteiger partial charge in [0.15, 0.2) is 17.3 Å². The Morgan fingerprint density at radius 3 is 2.47 bits per heavy atom. The Labute approximate surface area is 113 Å². The minimum atomic E-state index is -0.510. The maximum absolute atomic E-state index is 13.5. The van der Waals surface area contributed by atoms with Crippen molar-refractivity contribution in [2.45, 2.75) is 0 Å². The fraction of sp³-hybridized carbons (Fsp3) is 0.500. The molecule has 1 aromatic carbocycles. The van der Waals surface area contributed by atoms with Crippen molar-refractivity contribution >= 4 is 5.78 Å². The highest BCUT2D eigenvalue weighted by molar-refractivity contribution is 5.97. The first-order valence-corrected chi connectivity index (χ1v) is 6.14. The molecule has 0 spiro atoms. The molecule has 19 heavy (non-hydrogen) atoms. The number of likely N-dealkylation sites (N-methyl/N-ethyl adjacent to an activating group) is 2. The summed E-state index contributed by atoms with van der Waals surface area (Å²) in [6, 6.07) is 4.29. The topological polar surface area (TPSA) is 32.8 Å². The molecule has 0 radical (unpaired) electrons. The zero-order valence-corrected chi connectivity index (χ0v) is 11.9. The predicted molar refractivity (Wildman–Crippen MR) is 73.3 cm³/mol. The Morgan fingerprint density at radius 1 is 1.26 bits per heavy atom.